The van der Waals surface area contributed by atoms with Crippen molar-refractivity contribution in [2.45, 2.75) is 11.7 Å². The maximum atomic E-state index is 5.88. The lowest BCUT2D eigenvalue weighted by Gasteiger charge is -2.05. The van der Waals surface area contributed by atoms with Crippen molar-refractivity contribution >= 4 is 29.2 Å². The van der Waals surface area contributed by atoms with Gasteiger partial charge >= 0.3 is 0 Å². The second kappa shape index (κ2) is 5.79. The Bertz CT molecular complexity index is 493. The number of anilines is 1. The number of rotatable bonds is 4. The molecule has 0 amide bonds. The van der Waals surface area contributed by atoms with Gasteiger partial charge in [0.15, 0.2) is 5.16 Å². The van der Waals surface area contributed by atoms with Crippen molar-refractivity contribution < 1.29 is 0 Å². The molecule has 5 nitrogen and oxygen atoms in total. The van der Waals surface area contributed by atoms with Crippen LogP contribution >= 0.6 is 23.4 Å². The van der Waals surface area contributed by atoms with Crippen LogP contribution in [0.25, 0.3) is 0 Å². The summed E-state index contributed by atoms with van der Waals surface area (Å²) in [4.78, 5) is 8.33. The van der Waals surface area contributed by atoms with Crippen LogP contribution in [0.4, 0.5) is 5.82 Å². The van der Waals surface area contributed by atoms with E-state index < -0.39 is 0 Å². The van der Waals surface area contributed by atoms with E-state index in [-0.39, 0.29) is 0 Å². The van der Waals surface area contributed by atoms with Crippen molar-refractivity contribution in [3.05, 3.63) is 35.2 Å². The lowest BCUT2D eigenvalue weighted by atomic mass is 10.4. The zero-order chi connectivity index (χ0) is 12.1. The van der Waals surface area contributed by atoms with E-state index in [0.717, 1.165) is 5.69 Å². The summed E-state index contributed by atoms with van der Waals surface area (Å²) in [5, 5.41) is 11.9. The third-order valence-corrected chi connectivity index (χ3v) is 2.68. The van der Waals surface area contributed by atoms with Crippen molar-refractivity contribution in [3.8, 4) is 0 Å². The molecule has 1 N–H and O–H groups in total. The van der Waals surface area contributed by atoms with Crippen molar-refractivity contribution in [1.82, 2.24) is 20.2 Å². The van der Waals surface area contributed by atoms with Crippen LogP contribution in [0.3, 0.4) is 0 Å². The largest absolute Gasteiger partial charge is 0.364 e. The van der Waals surface area contributed by atoms with Crippen LogP contribution in [0, 0.1) is 0 Å². The molecule has 2 aromatic rings. The van der Waals surface area contributed by atoms with Gasteiger partial charge < -0.3 is 5.32 Å². The fraction of sp³-hybridized carbons (Fsp3) is 0.200. The second-order valence-corrected chi connectivity index (χ2v) is 4.29. The number of hydrogen-bond acceptors (Lipinski definition) is 6. The van der Waals surface area contributed by atoms with Crippen molar-refractivity contribution in [2.24, 2.45) is 0 Å². The highest BCUT2D eigenvalue weighted by molar-refractivity contribution is 7.98. The second-order valence-electron chi connectivity index (χ2n) is 3.13. The summed E-state index contributed by atoms with van der Waals surface area (Å²) in [6.07, 6.45) is 3.54. The molecule has 17 heavy (non-hydrogen) atoms. The first-order valence-corrected chi connectivity index (χ1v) is 6.47. The number of aromatic nitrogens is 4. The van der Waals surface area contributed by atoms with E-state index in [4.69, 9.17) is 11.6 Å². The molecule has 0 radical (unpaired) electrons. The summed E-state index contributed by atoms with van der Waals surface area (Å²) >= 11 is 7.32. The first-order valence-electron chi connectivity index (χ1n) is 4.87. The van der Waals surface area contributed by atoms with Crippen LogP contribution in [-0.2, 0) is 6.54 Å². The van der Waals surface area contributed by atoms with Gasteiger partial charge in [0.1, 0.15) is 11.0 Å². The fourth-order valence-electron chi connectivity index (χ4n) is 1.19. The molecule has 0 saturated heterocycles. The van der Waals surface area contributed by atoms with Gasteiger partial charge in [0.05, 0.1) is 12.2 Å². The monoisotopic (exact) mass is 267 g/mol. The Balaban J connectivity index is 2.06. The van der Waals surface area contributed by atoms with Crippen molar-refractivity contribution in [2.75, 3.05) is 11.6 Å². The number of nitrogens with zero attached hydrogens (tertiary/aromatic N) is 4. The molecule has 2 aromatic heterocycles. The van der Waals surface area contributed by atoms with Gasteiger partial charge in [-0.05, 0) is 18.4 Å². The van der Waals surface area contributed by atoms with E-state index in [1.165, 1.54) is 11.8 Å². The van der Waals surface area contributed by atoms with Gasteiger partial charge in [0, 0.05) is 12.3 Å². The van der Waals surface area contributed by atoms with Gasteiger partial charge in [0.2, 0.25) is 0 Å². The SMILES string of the molecule is CSc1nc(Cl)cc(NCc2cccnn2)n1. The van der Waals surface area contributed by atoms with E-state index in [9.17, 15) is 0 Å². The maximum Gasteiger partial charge on any atom is 0.190 e. The molecule has 0 saturated carbocycles. The molecule has 2 rings (SSSR count). The first-order chi connectivity index (χ1) is 8.28. The van der Waals surface area contributed by atoms with Crippen LogP contribution in [0.5, 0.6) is 0 Å². The molecular formula is C10H10ClN5S. The van der Waals surface area contributed by atoms with E-state index in [1.54, 1.807) is 12.3 Å². The summed E-state index contributed by atoms with van der Waals surface area (Å²) in [6.45, 7) is 0.551. The van der Waals surface area contributed by atoms with E-state index >= 15 is 0 Å². The minimum Gasteiger partial charge on any atom is -0.364 e. The van der Waals surface area contributed by atoms with Gasteiger partial charge in [-0.3, -0.25) is 0 Å². The number of nitrogens with one attached hydrogen (secondary N) is 1. The normalized spacial score (nSPS) is 10.2. The Morgan fingerprint density at radius 3 is 3.00 bits per heavy atom. The van der Waals surface area contributed by atoms with Crippen LogP contribution in [0.1, 0.15) is 5.69 Å². The van der Waals surface area contributed by atoms with E-state index in [1.807, 2.05) is 18.4 Å². The average Bonchev–Trinajstić information content (AvgIpc) is 2.37. The molecule has 0 aliphatic carbocycles. The standard InChI is InChI=1S/C10H10ClN5S/c1-17-10-14-8(11)5-9(15-10)12-6-7-3-2-4-13-16-7/h2-5H,6H2,1H3,(H,12,14,15). The Labute approximate surface area is 108 Å². The third-order valence-electron chi connectivity index (χ3n) is 1.94. The molecule has 88 valence electrons. The Morgan fingerprint density at radius 2 is 2.29 bits per heavy atom. The Morgan fingerprint density at radius 1 is 1.41 bits per heavy atom. The summed E-state index contributed by atoms with van der Waals surface area (Å²) in [7, 11) is 0. The highest BCUT2D eigenvalue weighted by atomic mass is 35.5. The molecule has 0 spiro atoms. The lowest BCUT2D eigenvalue weighted by molar-refractivity contribution is 0.905. The number of halogens is 1. The van der Waals surface area contributed by atoms with Crippen molar-refractivity contribution in [1.29, 1.82) is 0 Å². The van der Waals surface area contributed by atoms with E-state index in [2.05, 4.69) is 25.5 Å². The Hall–Kier alpha value is -1.40. The van der Waals surface area contributed by atoms with Crippen LogP contribution < -0.4 is 5.32 Å². The molecule has 2 heterocycles. The molecule has 7 heteroatoms. The summed E-state index contributed by atoms with van der Waals surface area (Å²) < 4.78 is 0. The highest BCUT2D eigenvalue weighted by Crippen LogP contribution is 2.17. The zero-order valence-corrected chi connectivity index (χ0v) is 10.7. The zero-order valence-electron chi connectivity index (χ0n) is 9.09. The minimum atomic E-state index is 0.422. The molecule has 0 atom stereocenters. The molecule has 0 aliphatic rings. The maximum absolute atomic E-state index is 5.88. The molecular weight excluding hydrogens is 258 g/mol. The Kier molecular flexibility index (Phi) is 4.11. The quantitative estimate of drug-likeness (QED) is 0.521. The van der Waals surface area contributed by atoms with Gasteiger partial charge in [-0.1, -0.05) is 23.4 Å². The van der Waals surface area contributed by atoms with Gasteiger partial charge in [-0.2, -0.15) is 10.2 Å². The third kappa shape index (κ3) is 3.54. The highest BCUT2D eigenvalue weighted by Gasteiger charge is 2.02. The molecule has 0 unspecified atom stereocenters. The number of thioether (sulfide) groups is 1. The average molecular weight is 268 g/mol. The predicted molar refractivity (Wildman–Crippen MR) is 68.2 cm³/mol. The van der Waals surface area contributed by atoms with E-state index in [0.29, 0.717) is 22.7 Å². The molecule has 0 fully saturated rings. The lowest BCUT2D eigenvalue weighted by Crippen LogP contribution is -2.04. The minimum absolute atomic E-state index is 0.422. The fourth-order valence-corrected chi connectivity index (χ4v) is 1.80. The first kappa shape index (κ1) is 12.1. The topological polar surface area (TPSA) is 63.6 Å². The van der Waals surface area contributed by atoms with Gasteiger partial charge in [0.25, 0.3) is 0 Å². The number of hydrogen-bond donors (Lipinski definition) is 1. The van der Waals surface area contributed by atoms with Crippen LogP contribution in [0.2, 0.25) is 5.15 Å². The molecule has 0 bridgehead atoms. The van der Waals surface area contributed by atoms with Gasteiger partial charge in [-0.25, -0.2) is 9.97 Å². The van der Waals surface area contributed by atoms with Crippen LogP contribution in [-0.4, -0.2) is 26.4 Å². The summed E-state index contributed by atoms with van der Waals surface area (Å²) in [5.74, 6) is 0.681. The van der Waals surface area contributed by atoms with Gasteiger partial charge in [-0.15, -0.1) is 0 Å². The summed E-state index contributed by atoms with van der Waals surface area (Å²) in [5.41, 5.74) is 0.841. The van der Waals surface area contributed by atoms with Crippen LogP contribution in [0.15, 0.2) is 29.6 Å². The molecule has 0 aliphatic heterocycles. The summed E-state index contributed by atoms with van der Waals surface area (Å²) in [6, 6.07) is 5.40. The smallest absolute Gasteiger partial charge is 0.190 e. The van der Waals surface area contributed by atoms with Crippen molar-refractivity contribution in [3.63, 3.8) is 0 Å². The molecule has 0 aromatic carbocycles. The predicted octanol–water partition coefficient (Wildman–Crippen LogP) is 2.25.